The first kappa shape index (κ1) is 18.8. The van der Waals surface area contributed by atoms with Crippen molar-refractivity contribution in [3.05, 3.63) is 10.1 Å². The van der Waals surface area contributed by atoms with E-state index in [0.29, 0.717) is 50.0 Å². The molecule has 0 aromatic carbocycles. The van der Waals surface area contributed by atoms with E-state index in [1.807, 2.05) is 0 Å². The van der Waals surface area contributed by atoms with Gasteiger partial charge in [-0.15, -0.1) is 0 Å². The Labute approximate surface area is 165 Å². The Morgan fingerprint density at radius 2 is 1.82 bits per heavy atom. The molecule has 5 aliphatic rings. The first-order valence-corrected chi connectivity index (χ1v) is 10.8. The highest BCUT2D eigenvalue weighted by Crippen LogP contribution is 2.46. The summed E-state index contributed by atoms with van der Waals surface area (Å²) < 4.78 is 17.8. The smallest absolute Gasteiger partial charge is 0.213 e. The standard InChI is InChI=1S/C20H31N3O5/c1-20(2)22-15(10-28-20)7-13-8-17-18(27-11-26-17)9-16(13)19(21-22)12-3-5-14(6-4-12)23(24)25/h12-18H,3-11H2,1-2H3. The number of hydrogen-bond acceptors (Lipinski definition) is 7. The lowest BCUT2D eigenvalue weighted by molar-refractivity contribution is -0.526. The molecule has 3 aliphatic heterocycles. The average Bonchev–Trinajstić information content (AvgIpc) is 3.18. The van der Waals surface area contributed by atoms with Crippen molar-refractivity contribution in [2.75, 3.05) is 13.4 Å². The van der Waals surface area contributed by atoms with Gasteiger partial charge in [0, 0.05) is 29.4 Å². The SMILES string of the molecule is CC1(C)OCC2CC3CC4OCOC4CC3C(C3CCC([N+](=O)[O-])CC3)=NN21. The summed E-state index contributed by atoms with van der Waals surface area (Å²) >= 11 is 0. The lowest BCUT2D eigenvalue weighted by Crippen LogP contribution is -2.43. The number of nitrogens with zero attached hydrogens (tertiary/aromatic N) is 3. The molecule has 5 atom stereocenters. The van der Waals surface area contributed by atoms with Gasteiger partial charge in [-0.05, 0) is 57.8 Å². The van der Waals surface area contributed by atoms with Gasteiger partial charge in [-0.1, -0.05) is 0 Å². The molecule has 0 radical (unpaired) electrons. The lowest BCUT2D eigenvalue weighted by Gasteiger charge is -2.39. The predicted octanol–water partition coefficient (Wildman–Crippen LogP) is 2.79. The van der Waals surface area contributed by atoms with Crippen molar-refractivity contribution in [2.24, 2.45) is 22.9 Å². The first-order valence-electron chi connectivity index (χ1n) is 10.8. The third kappa shape index (κ3) is 3.13. The minimum atomic E-state index is -0.398. The number of nitro groups is 1. The number of rotatable bonds is 2. The molecule has 2 aliphatic carbocycles. The van der Waals surface area contributed by atoms with E-state index in [4.69, 9.17) is 19.3 Å². The fraction of sp³-hybridized carbons (Fsp3) is 0.950. The minimum absolute atomic E-state index is 0.101. The molecule has 156 valence electrons. The Hall–Kier alpha value is -1.25. The zero-order valence-electron chi connectivity index (χ0n) is 16.8. The van der Waals surface area contributed by atoms with Crippen molar-refractivity contribution in [3.8, 4) is 0 Å². The van der Waals surface area contributed by atoms with Crippen LogP contribution >= 0.6 is 0 Å². The van der Waals surface area contributed by atoms with Crippen molar-refractivity contribution in [1.29, 1.82) is 0 Å². The summed E-state index contributed by atoms with van der Waals surface area (Å²) in [5.41, 5.74) is 0.853. The fourth-order valence-corrected chi connectivity index (χ4v) is 6.16. The average molecular weight is 393 g/mol. The second kappa shape index (κ2) is 6.92. The van der Waals surface area contributed by atoms with Crippen LogP contribution in [0.1, 0.15) is 58.8 Å². The Bertz CT molecular complexity index is 660. The molecule has 4 fully saturated rings. The van der Waals surface area contributed by atoms with Crippen molar-refractivity contribution < 1.29 is 19.1 Å². The van der Waals surface area contributed by atoms with E-state index in [2.05, 4.69) is 18.9 Å². The molecular formula is C20H31N3O5. The second-order valence-electron chi connectivity index (χ2n) is 9.67. The van der Waals surface area contributed by atoms with Gasteiger partial charge in [-0.2, -0.15) is 5.10 Å². The molecule has 28 heavy (non-hydrogen) atoms. The predicted molar refractivity (Wildman–Crippen MR) is 101 cm³/mol. The maximum atomic E-state index is 11.2. The molecule has 3 heterocycles. The summed E-state index contributed by atoms with van der Waals surface area (Å²) in [5.74, 6) is 1.24. The number of hydrazone groups is 1. The summed E-state index contributed by atoms with van der Waals surface area (Å²) in [6, 6.07) is -0.0889. The van der Waals surface area contributed by atoms with Crippen molar-refractivity contribution in [3.63, 3.8) is 0 Å². The maximum absolute atomic E-state index is 11.2. The Morgan fingerprint density at radius 3 is 2.54 bits per heavy atom. The Morgan fingerprint density at radius 1 is 1.11 bits per heavy atom. The van der Waals surface area contributed by atoms with Crippen molar-refractivity contribution >= 4 is 5.71 Å². The quantitative estimate of drug-likeness (QED) is 0.530. The third-order valence-electron chi connectivity index (χ3n) is 7.69. The second-order valence-corrected chi connectivity index (χ2v) is 9.67. The van der Waals surface area contributed by atoms with Crippen LogP contribution in [0.2, 0.25) is 0 Å². The molecule has 2 saturated heterocycles. The molecule has 5 unspecified atom stereocenters. The molecule has 8 nitrogen and oxygen atoms in total. The topological polar surface area (TPSA) is 86.4 Å². The first-order chi connectivity index (χ1) is 13.4. The van der Waals surface area contributed by atoms with E-state index in [9.17, 15) is 10.1 Å². The van der Waals surface area contributed by atoms with Crippen LogP contribution in [0.15, 0.2) is 5.10 Å². The van der Waals surface area contributed by atoms with Gasteiger partial charge in [0.05, 0.1) is 24.9 Å². The normalized spacial score (nSPS) is 44.9. The van der Waals surface area contributed by atoms with E-state index in [0.717, 1.165) is 32.1 Å². The Kier molecular flexibility index (Phi) is 4.63. The van der Waals surface area contributed by atoms with Crippen molar-refractivity contribution in [2.45, 2.75) is 88.8 Å². The number of hydrogen-bond donors (Lipinski definition) is 0. The largest absolute Gasteiger partial charge is 0.353 e. The monoisotopic (exact) mass is 393 g/mol. The molecule has 8 heteroatoms. The van der Waals surface area contributed by atoms with Crippen LogP contribution in [-0.4, -0.2) is 59.1 Å². The number of fused-ring (bicyclic) bond motifs is 3. The lowest BCUT2D eigenvalue weighted by atomic mass is 9.67. The van der Waals surface area contributed by atoms with E-state index in [1.54, 1.807) is 0 Å². The van der Waals surface area contributed by atoms with Gasteiger partial charge < -0.3 is 14.2 Å². The van der Waals surface area contributed by atoms with Gasteiger partial charge >= 0.3 is 0 Å². The zero-order valence-corrected chi connectivity index (χ0v) is 16.8. The van der Waals surface area contributed by atoms with Gasteiger partial charge in [0.15, 0.2) is 5.72 Å². The van der Waals surface area contributed by atoms with Crippen LogP contribution in [0.25, 0.3) is 0 Å². The van der Waals surface area contributed by atoms with Gasteiger partial charge in [-0.3, -0.25) is 15.1 Å². The number of ether oxygens (including phenoxy) is 3. The maximum Gasteiger partial charge on any atom is 0.213 e. The molecule has 0 bridgehead atoms. The van der Waals surface area contributed by atoms with Crippen LogP contribution in [0.4, 0.5) is 0 Å². The molecule has 2 saturated carbocycles. The summed E-state index contributed by atoms with van der Waals surface area (Å²) in [6.45, 7) is 5.30. The molecule has 0 amide bonds. The summed E-state index contributed by atoms with van der Waals surface area (Å²) in [5, 5.41) is 18.6. The van der Waals surface area contributed by atoms with Crippen LogP contribution < -0.4 is 0 Å². The molecule has 0 spiro atoms. The third-order valence-corrected chi connectivity index (χ3v) is 7.69. The van der Waals surface area contributed by atoms with Gasteiger partial charge in [0.2, 0.25) is 6.04 Å². The molecule has 0 aromatic heterocycles. The molecule has 5 rings (SSSR count). The highest BCUT2D eigenvalue weighted by molar-refractivity contribution is 5.89. The van der Waals surface area contributed by atoms with Crippen LogP contribution in [0, 0.1) is 27.9 Å². The highest BCUT2D eigenvalue weighted by Gasteiger charge is 2.51. The van der Waals surface area contributed by atoms with E-state index < -0.39 is 5.72 Å². The van der Waals surface area contributed by atoms with Crippen LogP contribution in [0.5, 0.6) is 0 Å². The van der Waals surface area contributed by atoms with Gasteiger partial charge in [-0.25, -0.2) is 0 Å². The summed E-state index contributed by atoms with van der Waals surface area (Å²) in [6.07, 6.45) is 6.45. The van der Waals surface area contributed by atoms with Gasteiger partial charge in [0.25, 0.3) is 0 Å². The zero-order chi connectivity index (χ0) is 19.5. The van der Waals surface area contributed by atoms with Crippen LogP contribution in [0.3, 0.4) is 0 Å². The molecule has 0 N–H and O–H groups in total. The van der Waals surface area contributed by atoms with Gasteiger partial charge in [0.1, 0.15) is 6.79 Å². The highest BCUT2D eigenvalue weighted by atomic mass is 16.7. The Balaban J connectivity index is 1.45. The van der Waals surface area contributed by atoms with E-state index in [1.165, 1.54) is 5.71 Å². The summed E-state index contributed by atoms with van der Waals surface area (Å²) in [7, 11) is 0. The minimum Gasteiger partial charge on any atom is -0.353 e. The fourth-order valence-electron chi connectivity index (χ4n) is 6.16. The van der Waals surface area contributed by atoms with Crippen molar-refractivity contribution in [1.82, 2.24) is 5.01 Å². The molecular weight excluding hydrogens is 362 g/mol. The van der Waals surface area contributed by atoms with E-state index in [-0.39, 0.29) is 23.2 Å². The summed E-state index contributed by atoms with van der Waals surface area (Å²) in [4.78, 5) is 11.1. The molecule has 0 aromatic rings. The van der Waals surface area contributed by atoms with E-state index >= 15 is 0 Å². The van der Waals surface area contributed by atoms with Crippen LogP contribution in [-0.2, 0) is 14.2 Å².